The van der Waals surface area contributed by atoms with Crippen LogP contribution in [-0.4, -0.2) is 27.8 Å². The first-order valence-electron chi connectivity index (χ1n) is 6.17. The molecule has 0 aliphatic rings. The number of hydrogen-bond acceptors (Lipinski definition) is 4. The number of thiazole rings is 1. The van der Waals surface area contributed by atoms with Crippen LogP contribution >= 0.6 is 11.3 Å². The average molecular weight is 264 g/mol. The minimum absolute atomic E-state index is 0.201. The van der Waals surface area contributed by atoms with Gasteiger partial charge in [-0.2, -0.15) is 5.06 Å². The molecule has 1 aromatic heterocycles. The Balaban J connectivity index is 2.12. The first-order chi connectivity index (χ1) is 8.38. The number of hydroxylamine groups is 2. The molecule has 0 unspecified atom stereocenters. The third-order valence-corrected chi connectivity index (χ3v) is 4.41. The molecular weight excluding hydrogens is 244 g/mol. The second-order valence-corrected chi connectivity index (χ2v) is 6.61. The van der Waals surface area contributed by atoms with Gasteiger partial charge in [0.15, 0.2) is 0 Å². The summed E-state index contributed by atoms with van der Waals surface area (Å²) < 4.78 is 1.25. The molecule has 0 atom stereocenters. The van der Waals surface area contributed by atoms with Gasteiger partial charge in [0.05, 0.1) is 15.2 Å². The molecule has 0 fully saturated rings. The van der Waals surface area contributed by atoms with E-state index in [4.69, 9.17) is 0 Å². The molecule has 1 N–H and O–H groups in total. The largest absolute Gasteiger partial charge is 0.314 e. The molecule has 2 aromatic rings. The molecule has 0 spiro atoms. The molecule has 0 radical (unpaired) electrons. The van der Waals surface area contributed by atoms with Crippen LogP contribution in [-0.2, 0) is 6.42 Å². The number of aryl methyl sites for hydroxylation is 2. The van der Waals surface area contributed by atoms with Gasteiger partial charge in [-0.1, -0.05) is 6.07 Å². The molecule has 4 heteroatoms. The highest BCUT2D eigenvalue weighted by Crippen LogP contribution is 2.24. The highest BCUT2D eigenvalue weighted by atomic mass is 32.1. The summed E-state index contributed by atoms with van der Waals surface area (Å²) in [5.41, 5.74) is 2.17. The van der Waals surface area contributed by atoms with E-state index in [-0.39, 0.29) is 5.54 Å². The maximum Gasteiger partial charge on any atom is 0.0907 e. The summed E-state index contributed by atoms with van der Waals surface area (Å²) in [6.45, 7) is 6.12. The second-order valence-electron chi connectivity index (χ2n) is 5.37. The van der Waals surface area contributed by atoms with Crippen molar-refractivity contribution in [2.75, 3.05) is 7.05 Å². The third kappa shape index (κ3) is 2.88. The van der Waals surface area contributed by atoms with Crippen molar-refractivity contribution in [3.63, 3.8) is 0 Å². The zero-order valence-electron chi connectivity index (χ0n) is 11.4. The lowest BCUT2D eigenvalue weighted by molar-refractivity contribution is -0.141. The van der Waals surface area contributed by atoms with E-state index in [1.54, 1.807) is 18.4 Å². The van der Waals surface area contributed by atoms with Gasteiger partial charge in [-0.05, 0) is 51.3 Å². The molecule has 0 amide bonds. The monoisotopic (exact) mass is 264 g/mol. The predicted molar refractivity (Wildman–Crippen MR) is 76.3 cm³/mol. The normalized spacial score (nSPS) is 12.6. The summed E-state index contributed by atoms with van der Waals surface area (Å²) >= 11 is 1.73. The molecule has 98 valence electrons. The van der Waals surface area contributed by atoms with Gasteiger partial charge in [0.2, 0.25) is 0 Å². The predicted octanol–water partition coefficient (Wildman–Crippen LogP) is 3.64. The van der Waals surface area contributed by atoms with Crippen molar-refractivity contribution < 1.29 is 5.21 Å². The number of benzene rings is 1. The van der Waals surface area contributed by atoms with Crippen molar-refractivity contribution in [1.29, 1.82) is 0 Å². The molecule has 18 heavy (non-hydrogen) atoms. The van der Waals surface area contributed by atoms with Gasteiger partial charge in [-0.25, -0.2) is 4.98 Å². The van der Waals surface area contributed by atoms with E-state index in [9.17, 15) is 5.21 Å². The fourth-order valence-electron chi connectivity index (χ4n) is 1.86. The van der Waals surface area contributed by atoms with Gasteiger partial charge in [-0.15, -0.1) is 11.3 Å². The van der Waals surface area contributed by atoms with E-state index in [0.717, 1.165) is 23.4 Å². The highest BCUT2D eigenvalue weighted by molar-refractivity contribution is 7.18. The van der Waals surface area contributed by atoms with Gasteiger partial charge in [0, 0.05) is 12.6 Å². The summed E-state index contributed by atoms with van der Waals surface area (Å²) in [6.07, 6.45) is 1.86. The quantitative estimate of drug-likeness (QED) is 0.857. The summed E-state index contributed by atoms with van der Waals surface area (Å²) in [7, 11) is 1.70. The lowest BCUT2D eigenvalue weighted by atomic mass is 9.95. The maximum atomic E-state index is 9.56. The Morgan fingerprint density at radius 3 is 2.78 bits per heavy atom. The summed E-state index contributed by atoms with van der Waals surface area (Å²) in [6, 6.07) is 6.46. The van der Waals surface area contributed by atoms with Gasteiger partial charge >= 0.3 is 0 Å². The molecule has 0 bridgehead atoms. The van der Waals surface area contributed by atoms with Crippen molar-refractivity contribution in [2.45, 2.75) is 39.2 Å². The fraction of sp³-hybridized carbons (Fsp3) is 0.500. The van der Waals surface area contributed by atoms with Crippen LogP contribution in [0.4, 0.5) is 0 Å². The second kappa shape index (κ2) is 4.96. The van der Waals surface area contributed by atoms with E-state index in [1.807, 2.05) is 20.8 Å². The fourth-order valence-corrected chi connectivity index (χ4v) is 2.66. The van der Waals surface area contributed by atoms with E-state index < -0.39 is 0 Å². The number of fused-ring (bicyclic) bond motifs is 1. The zero-order chi connectivity index (χ0) is 13.3. The Bertz CT molecular complexity index is 546. The Kier molecular flexibility index (Phi) is 3.71. The summed E-state index contributed by atoms with van der Waals surface area (Å²) in [5.74, 6) is 0. The Morgan fingerprint density at radius 1 is 1.39 bits per heavy atom. The minimum atomic E-state index is -0.201. The topological polar surface area (TPSA) is 36.4 Å². The Morgan fingerprint density at radius 2 is 2.11 bits per heavy atom. The number of aromatic nitrogens is 1. The summed E-state index contributed by atoms with van der Waals surface area (Å²) in [5, 5.41) is 12.0. The molecule has 3 nitrogen and oxygen atoms in total. The molecule has 1 aromatic carbocycles. The number of rotatable bonds is 4. The lowest BCUT2D eigenvalue weighted by Crippen LogP contribution is -2.38. The maximum absolute atomic E-state index is 9.56. The van der Waals surface area contributed by atoms with Crippen LogP contribution in [0.2, 0.25) is 0 Å². The van der Waals surface area contributed by atoms with E-state index in [0.29, 0.717) is 0 Å². The minimum Gasteiger partial charge on any atom is -0.314 e. The van der Waals surface area contributed by atoms with Gasteiger partial charge < -0.3 is 5.21 Å². The standard InChI is InChI=1S/C14H20N2OS/c1-10-15-12-9-11(5-6-13(12)18-10)7-8-14(2,3)16(4)17/h5-6,9,17H,7-8H2,1-4H3. The zero-order valence-corrected chi connectivity index (χ0v) is 12.2. The first kappa shape index (κ1) is 13.5. The van der Waals surface area contributed by atoms with E-state index >= 15 is 0 Å². The van der Waals surface area contributed by atoms with Crippen LogP contribution in [0.25, 0.3) is 10.2 Å². The first-order valence-corrected chi connectivity index (χ1v) is 6.99. The number of hydrogen-bond donors (Lipinski definition) is 1. The SMILES string of the molecule is Cc1nc2cc(CCC(C)(C)N(C)O)ccc2s1. The van der Waals surface area contributed by atoms with Crippen molar-refractivity contribution >= 4 is 21.6 Å². The third-order valence-electron chi connectivity index (χ3n) is 3.46. The van der Waals surface area contributed by atoms with Crippen molar-refractivity contribution in [2.24, 2.45) is 0 Å². The molecule has 2 rings (SSSR count). The Labute approximate surface area is 112 Å². The van der Waals surface area contributed by atoms with Crippen LogP contribution in [0.5, 0.6) is 0 Å². The molecule has 0 aliphatic heterocycles. The van der Waals surface area contributed by atoms with Crippen LogP contribution < -0.4 is 0 Å². The Hall–Kier alpha value is -0.970. The lowest BCUT2D eigenvalue weighted by Gasteiger charge is -2.30. The molecule has 0 saturated carbocycles. The molecule has 0 saturated heterocycles. The van der Waals surface area contributed by atoms with Gasteiger partial charge in [-0.3, -0.25) is 0 Å². The van der Waals surface area contributed by atoms with Crippen LogP contribution in [0.3, 0.4) is 0 Å². The molecular formula is C14H20N2OS. The van der Waals surface area contributed by atoms with Crippen molar-refractivity contribution in [1.82, 2.24) is 10.0 Å². The van der Waals surface area contributed by atoms with Crippen molar-refractivity contribution in [3.05, 3.63) is 28.8 Å². The van der Waals surface area contributed by atoms with Crippen molar-refractivity contribution in [3.8, 4) is 0 Å². The molecule has 1 heterocycles. The molecule has 0 aliphatic carbocycles. The van der Waals surface area contributed by atoms with Crippen LogP contribution in [0, 0.1) is 6.92 Å². The van der Waals surface area contributed by atoms with Crippen LogP contribution in [0.1, 0.15) is 30.8 Å². The number of nitrogens with zero attached hydrogens (tertiary/aromatic N) is 2. The van der Waals surface area contributed by atoms with Gasteiger partial charge in [0.1, 0.15) is 0 Å². The van der Waals surface area contributed by atoms with E-state index in [2.05, 4.69) is 23.2 Å². The highest BCUT2D eigenvalue weighted by Gasteiger charge is 2.21. The smallest absolute Gasteiger partial charge is 0.0907 e. The van der Waals surface area contributed by atoms with Crippen LogP contribution in [0.15, 0.2) is 18.2 Å². The average Bonchev–Trinajstić information content (AvgIpc) is 2.65. The van der Waals surface area contributed by atoms with E-state index in [1.165, 1.54) is 15.3 Å². The van der Waals surface area contributed by atoms with Gasteiger partial charge in [0.25, 0.3) is 0 Å². The summed E-state index contributed by atoms with van der Waals surface area (Å²) in [4.78, 5) is 4.51.